The second-order valence-electron chi connectivity index (χ2n) is 5.08. The molecule has 1 aliphatic heterocycles. The Kier molecular flexibility index (Phi) is 4.07. The van der Waals surface area contributed by atoms with Crippen LogP contribution in [0.25, 0.3) is 0 Å². The molecule has 0 aromatic heterocycles. The number of carbonyl (C=O) groups excluding carboxylic acids is 1. The fourth-order valence-corrected chi connectivity index (χ4v) is 2.20. The molecule has 0 spiro atoms. The van der Waals surface area contributed by atoms with Crippen molar-refractivity contribution in [2.24, 2.45) is 0 Å². The highest BCUT2D eigenvalue weighted by Crippen LogP contribution is 2.41. The zero-order valence-corrected chi connectivity index (χ0v) is 13.2. The maximum Gasteiger partial charge on any atom is 0.412 e. The monoisotopic (exact) mass is 377 g/mol. The highest BCUT2D eigenvalue weighted by Gasteiger charge is 2.22. The van der Waals surface area contributed by atoms with Gasteiger partial charge in [0.15, 0.2) is 11.5 Å². The first kappa shape index (κ1) is 14.2. The molecule has 104 valence electrons. The predicted molar refractivity (Wildman–Crippen MR) is 80.0 cm³/mol. The molecule has 0 unspecified atom stereocenters. The summed E-state index contributed by atoms with van der Waals surface area (Å²) >= 11 is 2.17. The van der Waals surface area contributed by atoms with Gasteiger partial charge in [0.05, 0.1) is 9.26 Å². The molecule has 0 aliphatic carbocycles. The van der Waals surface area contributed by atoms with E-state index in [9.17, 15) is 4.79 Å². The van der Waals surface area contributed by atoms with Crippen molar-refractivity contribution in [1.29, 1.82) is 0 Å². The smallest absolute Gasteiger partial charge is 0.412 e. The Morgan fingerprint density at radius 1 is 1.26 bits per heavy atom. The number of amides is 1. The molecule has 1 aliphatic rings. The van der Waals surface area contributed by atoms with Crippen LogP contribution in [0.1, 0.15) is 20.8 Å². The van der Waals surface area contributed by atoms with E-state index < -0.39 is 11.7 Å². The molecule has 2 rings (SSSR count). The summed E-state index contributed by atoms with van der Waals surface area (Å²) in [5.74, 6) is 1.23. The Morgan fingerprint density at radius 2 is 1.89 bits per heavy atom. The van der Waals surface area contributed by atoms with E-state index in [1.165, 1.54) is 0 Å². The second-order valence-corrected chi connectivity index (χ2v) is 6.24. The number of hydrogen-bond acceptors (Lipinski definition) is 4. The topological polar surface area (TPSA) is 56.8 Å². The lowest BCUT2D eigenvalue weighted by Crippen LogP contribution is -2.27. The summed E-state index contributed by atoms with van der Waals surface area (Å²) in [6.07, 6.45) is -0.509. The second kappa shape index (κ2) is 5.44. The highest BCUT2D eigenvalue weighted by atomic mass is 127. The summed E-state index contributed by atoms with van der Waals surface area (Å²) < 4.78 is 17.3. The molecule has 1 amide bonds. The molecule has 0 radical (unpaired) electrons. The van der Waals surface area contributed by atoms with Gasteiger partial charge in [-0.2, -0.15) is 0 Å². The SMILES string of the molecule is CC(C)(C)OC(=O)Nc1ccc(I)c2c1OCCO2. The zero-order valence-electron chi connectivity index (χ0n) is 11.1. The van der Waals surface area contributed by atoms with Gasteiger partial charge in [-0.15, -0.1) is 0 Å². The molecule has 0 atom stereocenters. The van der Waals surface area contributed by atoms with Gasteiger partial charge in [0, 0.05) is 0 Å². The van der Waals surface area contributed by atoms with E-state index in [0.29, 0.717) is 30.4 Å². The quantitative estimate of drug-likeness (QED) is 0.763. The van der Waals surface area contributed by atoms with E-state index in [-0.39, 0.29) is 0 Å². The van der Waals surface area contributed by atoms with Crippen molar-refractivity contribution in [3.8, 4) is 11.5 Å². The van der Waals surface area contributed by atoms with Crippen molar-refractivity contribution in [3.05, 3.63) is 15.7 Å². The minimum absolute atomic E-state index is 0.468. The molecular formula is C13H16INO4. The maximum atomic E-state index is 11.8. The van der Waals surface area contributed by atoms with E-state index >= 15 is 0 Å². The van der Waals surface area contributed by atoms with Crippen LogP contribution in [0.4, 0.5) is 10.5 Å². The van der Waals surface area contributed by atoms with Crippen LogP contribution in [0.5, 0.6) is 11.5 Å². The maximum absolute atomic E-state index is 11.8. The molecule has 1 aromatic carbocycles. The van der Waals surface area contributed by atoms with Gasteiger partial charge >= 0.3 is 6.09 Å². The van der Waals surface area contributed by atoms with Crippen LogP contribution in [0.3, 0.4) is 0 Å². The van der Waals surface area contributed by atoms with E-state index in [1.807, 2.05) is 26.8 Å². The number of halogens is 1. The standard InChI is InChI=1S/C13H16INO4/c1-13(2,3)19-12(16)15-9-5-4-8(14)10-11(9)18-7-6-17-10/h4-5H,6-7H2,1-3H3,(H,15,16). The third-order valence-corrected chi connectivity index (χ3v) is 3.13. The van der Waals surface area contributed by atoms with Crippen molar-refractivity contribution in [3.63, 3.8) is 0 Å². The van der Waals surface area contributed by atoms with Crippen molar-refractivity contribution < 1.29 is 19.0 Å². The molecule has 5 nitrogen and oxygen atoms in total. The van der Waals surface area contributed by atoms with E-state index in [2.05, 4.69) is 27.9 Å². The van der Waals surface area contributed by atoms with Crippen molar-refractivity contribution in [1.82, 2.24) is 0 Å². The summed E-state index contributed by atoms with van der Waals surface area (Å²) in [6.45, 7) is 6.43. The van der Waals surface area contributed by atoms with Crippen LogP contribution in [0.2, 0.25) is 0 Å². The van der Waals surface area contributed by atoms with Gasteiger partial charge in [0.25, 0.3) is 0 Å². The Balaban J connectivity index is 2.19. The fraction of sp³-hybridized carbons (Fsp3) is 0.462. The third-order valence-electron chi connectivity index (χ3n) is 2.28. The number of hydrogen-bond donors (Lipinski definition) is 1. The highest BCUT2D eigenvalue weighted by molar-refractivity contribution is 14.1. The Labute approximate surface area is 125 Å². The summed E-state index contributed by atoms with van der Waals surface area (Å²) in [7, 11) is 0. The number of nitrogens with one attached hydrogen (secondary N) is 1. The van der Waals surface area contributed by atoms with Crippen LogP contribution in [-0.4, -0.2) is 24.9 Å². The van der Waals surface area contributed by atoms with Gasteiger partial charge in [0.1, 0.15) is 18.8 Å². The number of benzene rings is 1. The van der Waals surface area contributed by atoms with Crippen LogP contribution < -0.4 is 14.8 Å². The first-order chi connectivity index (χ1) is 8.87. The normalized spacial score (nSPS) is 13.9. The average Bonchev–Trinajstić information content (AvgIpc) is 2.31. The Bertz CT molecular complexity index is 496. The van der Waals surface area contributed by atoms with Crippen LogP contribution >= 0.6 is 22.6 Å². The van der Waals surface area contributed by atoms with E-state index in [4.69, 9.17) is 14.2 Å². The minimum atomic E-state index is -0.537. The van der Waals surface area contributed by atoms with Crippen molar-refractivity contribution in [2.45, 2.75) is 26.4 Å². The molecule has 0 saturated heterocycles. The Hall–Kier alpha value is -1.18. The molecule has 0 saturated carbocycles. The lowest BCUT2D eigenvalue weighted by molar-refractivity contribution is 0.0634. The first-order valence-corrected chi connectivity index (χ1v) is 7.03. The molecule has 6 heteroatoms. The summed E-state index contributed by atoms with van der Waals surface area (Å²) in [5, 5.41) is 2.68. The number of carbonyl (C=O) groups is 1. The van der Waals surface area contributed by atoms with Crippen LogP contribution in [-0.2, 0) is 4.74 Å². The summed E-state index contributed by atoms with van der Waals surface area (Å²) in [6, 6.07) is 3.64. The molecule has 1 N–H and O–H groups in total. The third kappa shape index (κ3) is 3.65. The van der Waals surface area contributed by atoms with Gasteiger partial charge in [0.2, 0.25) is 0 Å². The van der Waals surface area contributed by atoms with Crippen LogP contribution in [0, 0.1) is 3.57 Å². The van der Waals surface area contributed by atoms with E-state index in [0.717, 1.165) is 3.57 Å². The molecule has 0 bridgehead atoms. The van der Waals surface area contributed by atoms with Crippen molar-refractivity contribution in [2.75, 3.05) is 18.5 Å². The van der Waals surface area contributed by atoms with E-state index in [1.54, 1.807) is 6.07 Å². The summed E-state index contributed by atoms with van der Waals surface area (Å²) in [5.41, 5.74) is 0.0226. The molecule has 1 heterocycles. The first-order valence-electron chi connectivity index (χ1n) is 5.95. The van der Waals surface area contributed by atoms with Gasteiger partial charge in [-0.05, 0) is 55.5 Å². The lowest BCUT2D eigenvalue weighted by atomic mass is 10.2. The number of anilines is 1. The van der Waals surface area contributed by atoms with Crippen LogP contribution in [0.15, 0.2) is 12.1 Å². The summed E-state index contributed by atoms with van der Waals surface area (Å²) in [4.78, 5) is 11.8. The van der Waals surface area contributed by atoms with Gasteiger partial charge in [-0.3, -0.25) is 5.32 Å². The minimum Gasteiger partial charge on any atom is -0.485 e. The zero-order chi connectivity index (χ0) is 14.0. The molecule has 0 fully saturated rings. The molecular weight excluding hydrogens is 361 g/mol. The predicted octanol–water partition coefficient (Wildman–Crippen LogP) is 3.41. The van der Waals surface area contributed by atoms with Gasteiger partial charge in [-0.1, -0.05) is 0 Å². The fourth-order valence-electron chi connectivity index (χ4n) is 1.62. The van der Waals surface area contributed by atoms with Gasteiger partial charge in [-0.25, -0.2) is 4.79 Å². The largest absolute Gasteiger partial charge is 0.485 e. The Morgan fingerprint density at radius 3 is 2.53 bits per heavy atom. The number of ether oxygens (including phenoxy) is 3. The van der Waals surface area contributed by atoms with Crippen molar-refractivity contribution >= 4 is 34.4 Å². The number of fused-ring (bicyclic) bond motifs is 1. The molecule has 19 heavy (non-hydrogen) atoms. The lowest BCUT2D eigenvalue weighted by Gasteiger charge is -2.24. The average molecular weight is 377 g/mol. The number of rotatable bonds is 1. The molecule has 1 aromatic rings. The van der Waals surface area contributed by atoms with Gasteiger partial charge < -0.3 is 14.2 Å².